The summed E-state index contributed by atoms with van der Waals surface area (Å²) in [6.07, 6.45) is 2.49. The van der Waals surface area contributed by atoms with Crippen LogP contribution in [0.1, 0.15) is 24.6 Å². The summed E-state index contributed by atoms with van der Waals surface area (Å²) in [4.78, 5) is 29.4. The molecule has 2 amide bonds. The van der Waals surface area contributed by atoms with Gasteiger partial charge in [0.25, 0.3) is 0 Å². The maximum Gasteiger partial charge on any atom is 0.229 e. The number of hydrogen-bond donors (Lipinski definition) is 0. The Bertz CT molecular complexity index is 414. The van der Waals surface area contributed by atoms with Crippen LogP contribution in [0.3, 0.4) is 0 Å². The summed E-state index contributed by atoms with van der Waals surface area (Å²) in [5.74, 6) is -0.0529. The summed E-state index contributed by atoms with van der Waals surface area (Å²) in [6.45, 7) is 2.21. The van der Waals surface area contributed by atoms with Crippen molar-refractivity contribution in [2.24, 2.45) is 5.92 Å². The average molecular weight is 259 g/mol. The number of carbonyl (C=O) groups excluding carboxylic acids is 2. The van der Waals surface area contributed by atoms with Gasteiger partial charge in [0.15, 0.2) is 4.47 Å². The largest absolute Gasteiger partial charge is 0.277 e. The van der Waals surface area contributed by atoms with Crippen LogP contribution in [-0.2, 0) is 16.1 Å². The molecule has 1 aromatic rings. The number of piperidine rings is 1. The molecule has 0 radical (unpaired) electrons. The van der Waals surface area contributed by atoms with E-state index in [-0.39, 0.29) is 17.7 Å². The Morgan fingerprint density at radius 3 is 2.62 bits per heavy atom. The first-order valence-corrected chi connectivity index (χ1v) is 6.19. The molecule has 1 aromatic heterocycles. The Kier molecular flexibility index (Phi) is 3.25. The molecule has 0 N–H and O–H groups in total. The highest BCUT2D eigenvalue weighted by atomic mass is 35.5. The number of aromatic nitrogens is 1. The predicted molar refractivity (Wildman–Crippen MR) is 61.1 cm³/mol. The van der Waals surface area contributed by atoms with Gasteiger partial charge < -0.3 is 0 Å². The van der Waals surface area contributed by atoms with Crippen molar-refractivity contribution in [1.29, 1.82) is 0 Å². The van der Waals surface area contributed by atoms with E-state index in [9.17, 15) is 9.59 Å². The lowest BCUT2D eigenvalue weighted by Crippen LogP contribution is -2.41. The minimum atomic E-state index is -0.103. The van der Waals surface area contributed by atoms with Crippen LogP contribution in [0.2, 0.25) is 4.47 Å². The van der Waals surface area contributed by atoms with Gasteiger partial charge in [-0.15, -0.1) is 11.3 Å². The fourth-order valence-electron chi connectivity index (χ4n) is 1.72. The summed E-state index contributed by atoms with van der Waals surface area (Å²) in [7, 11) is 0. The molecule has 0 atom stereocenters. The number of imide groups is 1. The first-order valence-electron chi connectivity index (χ1n) is 4.99. The summed E-state index contributed by atoms with van der Waals surface area (Å²) in [5, 5.41) is 0. The molecular formula is C10H11ClN2O2S. The number of nitrogens with zero attached hydrogens (tertiary/aromatic N) is 2. The Morgan fingerprint density at radius 2 is 2.12 bits per heavy atom. The molecule has 1 saturated heterocycles. The van der Waals surface area contributed by atoms with Crippen LogP contribution in [0.25, 0.3) is 0 Å². The summed E-state index contributed by atoms with van der Waals surface area (Å²) < 4.78 is 0.431. The third-order valence-corrected chi connectivity index (χ3v) is 3.59. The molecule has 0 aromatic carbocycles. The fourth-order valence-corrected chi connectivity index (χ4v) is 2.68. The molecule has 1 fully saturated rings. The van der Waals surface area contributed by atoms with Gasteiger partial charge in [-0.1, -0.05) is 18.5 Å². The van der Waals surface area contributed by atoms with Crippen LogP contribution in [0.5, 0.6) is 0 Å². The number of carbonyl (C=O) groups is 2. The number of thiazole rings is 1. The van der Waals surface area contributed by atoms with E-state index in [4.69, 9.17) is 11.6 Å². The number of halogens is 1. The van der Waals surface area contributed by atoms with Gasteiger partial charge in [-0.25, -0.2) is 4.98 Å². The molecule has 0 aliphatic carbocycles. The molecule has 0 saturated carbocycles. The van der Waals surface area contributed by atoms with Crippen molar-refractivity contribution in [3.05, 3.63) is 15.5 Å². The highest BCUT2D eigenvalue weighted by Gasteiger charge is 2.30. The van der Waals surface area contributed by atoms with Gasteiger partial charge in [0.05, 0.1) is 6.54 Å². The van der Waals surface area contributed by atoms with E-state index < -0.39 is 0 Å². The molecule has 16 heavy (non-hydrogen) atoms. The molecule has 1 aliphatic rings. The van der Waals surface area contributed by atoms with E-state index >= 15 is 0 Å². The van der Waals surface area contributed by atoms with Gasteiger partial charge in [0.2, 0.25) is 11.8 Å². The molecule has 0 bridgehead atoms. The quantitative estimate of drug-likeness (QED) is 0.763. The van der Waals surface area contributed by atoms with Gasteiger partial charge >= 0.3 is 0 Å². The van der Waals surface area contributed by atoms with E-state index in [0.29, 0.717) is 23.9 Å². The maximum atomic E-state index is 11.7. The molecule has 0 spiro atoms. The lowest BCUT2D eigenvalue weighted by atomic mass is 9.98. The molecular weight excluding hydrogens is 248 g/mol. The summed E-state index contributed by atoms with van der Waals surface area (Å²) >= 11 is 6.99. The Morgan fingerprint density at radius 1 is 1.50 bits per heavy atom. The van der Waals surface area contributed by atoms with Crippen molar-refractivity contribution in [1.82, 2.24) is 9.88 Å². The van der Waals surface area contributed by atoms with E-state index in [0.717, 1.165) is 4.88 Å². The second-order valence-electron chi connectivity index (χ2n) is 3.97. The number of rotatable bonds is 2. The molecule has 4 nitrogen and oxygen atoms in total. The van der Waals surface area contributed by atoms with Gasteiger partial charge in [-0.05, 0) is 5.92 Å². The maximum absolute atomic E-state index is 11.7. The molecule has 2 rings (SSSR count). The second kappa shape index (κ2) is 4.51. The summed E-state index contributed by atoms with van der Waals surface area (Å²) in [5.41, 5.74) is 0. The van der Waals surface area contributed by atoms with Crippen LogP contribution in [0, 0.1) is 5.92 Å². The predicted octanol–water partition coefficient (Wildman–Crippen LogP) is 2.08. The topological polar surface area (TPSA) is 50.3 Å². The average Bonchev–Trinajstić information content (AvgIpc) is 2.58. The van der Waals surface area contributed by atoms with Crippen LogP contribution < -0.4 is 0 Å². The zero-order valence-corrected chi connectivity index (χ0v) is 10.3. The minimum absolute atomic E-state index is 0.103. The van der Waals surface area contributed by atoms with Crippen molar-refractivity contribution in [2.45, 2.75) is 26.3 Å². The fraction of sp³-hybridized carbons (Fsp3) is 0.500. The van der Waals surface area contributed by atoms with Crippen LogP contribution in [0.15, 0.2) is 6.20 Å². The normalized spacial score (nSPS) is 18.2. The standard InChI is InChI=1S/C10H11ClN2O2S/c1-6-2-8(14)13(9(15)3-6)5-7-4-12-10(11)16-7/h4,6H,2-3,5H2,1H3. The number of hydrogen-bond acceptors (Lipinski definition) is 4. The zero-order chi connectivity index (χ0) is 11.7. The van der Waals surface area contributed by atoms with E-state index in [2.05, 4.69) is 4.98 Å². The van der Waals surface area contributed by atoms with Gasteiger partial charge in [-0.2, -0.15) is 0 Å². The second-order valence-corrected chi connectivity index (χ2v) is 5.66. The zero-order valence-electron chi connectivity index (χ0n) is 8.77. The summed E-state index contributed by atoms with van der Waals surface area (Å²) in [6, 6.07) is 0. The Hall–Kier alpha value is -0.940. The Balaban J connectivity index is 2.09. The van der Waals surface area contributed by atoms with E-state index in [1.807, 2.05) is 6.92 Å². The monoisotopic (exact) mass is 258 g/mol. The highest BCUT2D eigenvalue weighted by Crippen LogP contribution is 2.24. The van der Waals surface area contributed by atoms with Crippen LogP contribution in [-0.4, -0.2) is 21.7 Å². The third-order valence-electron chi connectivity index (χ3n) is 2.49. The molecule has 2 heterocycles. The number of likely N-dealkylation sites (tertiary alicyclic amines) is 1. The lowest BCUT2D eigenvalue weighted by Gasteiger charge is -2.27. The smallest absolute Gasteiger partial charge is 0.229 e. The SMILES string of the molecule is CC1CC(=O)N(Cc2cnc(Cl)s2)C(=O)C1. The third kappa shape index (κ3) is 2.41. The molecule has 86 valence electrons. The first-order chi connectivity index (χ1) is 7.56. The van der Waals surface area contributed by atoms with Crippen LogP contribution in [0.4, 0.5) is 0 Å². The van der Waals surface area contributed by atoms with E-state index in [1.165, 1.54) is 16.2 Å². The van der Waals surface area contributed by atoms with Gasteiger partial charge in [0.1, 0.15) is 0 Å². The van der Waals surface area contributed by atoms with Crippen molar-refractivity contribution in [2.75, 3.05) is 0 Å². The lowest BCUT2D eigenvalue weighted by molar-refractivity contribution is -0.150. The Labute approximate surface area is 102 Å². The first kappa shape index (κ1) is 11.5. The number of amides is 2. The van der Waals surface area contributed by atoms with Crippen molar-refractivity contribution >= 4 is 34.8 Å². The highest BCUT2D eigenvalue weighted by molar-refractivity contribution is 7.15. The molecule has 0 unspecified atom stereocenters. The van der Waals surface area contributed by atoms with Crippen molar-refractivity contribution in [3.63, 3.8) is 0 Å². The minimum Gasteiger partial charge on any atom is -0.277 e. The van der Waals surface area contributed by atoms with Gasteiger partial charge in [0, 0.05) is 23.9 Å². The van der Waals surface area contributed by atoms with Crippen LogP contribution >= 0.6 is 22.9 Å². The van der Waals surface area contributed by atoms with Crippen molar-refractivity contribution < 1.29 is 9.59 Å². The van der Waals surface area contributed by atoms with Crippen molar-refractivity contribution in [3.8, 4) is 0 Å². The van der Waals surface area contributed by atoms with E-state index in [1.54, 1.807) is 6.20 Å². The molecule has 6 heteroatoms. The molecule has 1 aliphatic heterocycles. The van der Waals surface area contributed by atoms with Gasteiger partial charge in [-0.3, -0.25) is 14.5 Å².